The van der Waals surface area contributed by atoms with E-state index in [9.17, 15) is 14.0 Å². The molecule has 1 atom stereocenters. The molecule has 0 bridgehead atoms. The Kier molecular flexibility index (Phi) is 1.80. The number of carbonyl (C=O) groups excluding carboxylic acids is 1. The Labute approximate surface area is 62.6 Å². The van der Waals surface area contributed by atoms with Crippen molar-refractivity contribution in [3.8, 4) is 0 Å². The van der Waals surface area contributed by atoms with E-state index in [4.69, 9.17) is 5.11 Å². The maximum absolute atomic E-state index is 13.1. The molecule has 0 aliphatic carbocycles. The number of halogens is 1. The van der Waals surface area contributed by atoms with Gasteiger partial charge >= 0.3 is 6.09 Å². The molecule has 1 N–H and O–H groups in total. The molecule has 1 rings (SSSR count). The van der Waals surface area contributed by atoms with Crippen LogP contribution in [0.4, 0.5) is 9.18 Å². The largest absolute Gasteiger partial charge is 0.465 e. The Morgan fingerprint density at radius 2 is 2.36 bits per heavy atom. The number of likely N-dealkylation sites (tertiary alicyclic amines) is 1. The highest BCUT2D eigenvalue weighted by Crippen LogP contribution is 2.28. The molecule has 0 aromatic carbocycles. The van der Waals surface area contributed by atoms with Gasteiger partial charge in [0, 0.05) is 13.0 Å². The number of carboxylic acid groups (broad SMARTS) is 1. The summed E-state index contributed by atoms with van der Waals surface area (Å²) in [5.74, 6) is -2.27. The maximum atomic E-state index is 13.1. The molecule has 0 unspecified atom stereocenters. The van der Waals surface area contributed by atoms with Crippen molar-refractivity contribution in [1.29, 1.82) is 0 Å². The lowest BCUT2D eigenvalue weighted by Crippen LogP contribution is -2.44. The monoisotopic (exact) mass is 161 g/mol. The molecule has 0 aromatic rings. The number of rotatable bonds is 1. The topological polar surface area (TPSA) is 57.6 Å². The second-order valence-electron chi connectivity index (χ2n) is 2.47. The predicted molar refractivity (Wildman–Crippen MR) is 33.9 cm³/mol. The van der Waals surface area contributed by atoms with Gasteiger partial charge in [-0.3, -0.25) is 9.69 Å². The summed E-state index contributed by atoms with van der Waals surface area (Å²) in [4.78, 5) is 21.0. The Bertz CT molecular complexity index is 196. The highest BCUT2D eigenvalue weighted by atomic mass is 19.1. The van der Waals surface area contributed by atoms with Gasteiger partial charge in [-0.15, -0.1) is 0 Å². The van der Waals surface area contributed by atoms with Gasteiger partial charge < -0.3 is 5.11 Å². The Morgan fingerprint density at radius 1 is 1.73 bits per heavy atom. The molecule has 1 saturated heterocycles. The van der Waals surface area contributed by atoms with Crippen LogP contribution in [-0.4, -0.2) is 34.7 Å². The van der Waals surface area contributed by atoms with Crippen LogP contribution in [0.2, 0.25) is 0 Å². The van der Waals surface area contributed by atoms with Crippen molar-refractivity contribution >= 4 is 12.4 Å². The summed E-state index contributed by atoms with van der Waals surface area (Å²) in [5, 5.41) is 8.41. The van der Waals surface area contributed by atoms with Crippen LogP contribution in [0.15, 0.2) is 0 Å². The standard InChI is InChI=1S/C6H8FNO3/c7-6(4-9)2-1-3-8(6)5(10)11/h4H,1-3H2,(H,10,11)/t6-/m0/s1. The molecule has 1 heterocycles. The average Bonchev–Trinajstić information content (AvgIpc) is 2.32. The molecule has 1 aliphatic heterocycles. The van der Waals surface area contributed by atoms with Gasteiger partial charge in [0.2, 0.25) is 5.79 Å². The van der Waals surface area contributed by atoms with Crippen molar-refractivity contribution in [1.82, 2.24) is 4.90 Å². The maximum Gasteiger partial charge on any atom is 0.410 e. The zero-order chi connectivity index (χ0) is 8.48. The number of carbonyl (C=O) groups is 2. The van der Waals surface area contributed by atoms with E-state index in [2.05, 4.69) is 0 Å². The minimum absolute atomic E-state index is 0.0250. The smallest absolute Gasteiger partial charge is 0.410 e. The Morgan fingerprint density at radius 3 is 2.73 bits per heavy atom. The van der Waals surface area contributed by atoms with Crippen molar-refractivity contribution in [2.45, 2.75) is 18.6 Å². The molecular formula is C6H8FNO3. The van der Waals surface area contributed by atoms with Crippen molar-refractivity contribution in [3.05, 3.63) is 0 Å². The lowest BCUT2D eigenvalue weighted by atomic mass is 10.2. The molecule has 0 radical (unpaired) electrons. The molecule has 0 spiro atoms. The van der Waals surface area contributed by atoms with E-state index >= 15 is 0 Å². The number of hydrogen-bond donors (Lipinski definition) is 1. The highest BCUT2D eigenvalue weighted by molar-refractivity contribution is 5.74. The number of alkyl halides is 1. The minimum Gasteiger partial charge on any atom is -0.465 e. The lowest BCUT2D eigenvalue weighted by molar-refractivity contribution is -0.125. The first-order valence-corrected chi connectivity index (χ1v) is 3.26. The van der Waals surface area contributed by atoms with Crippen molar-refractivity contribution in [2.24, 2.45) is 0 Å². The average molecular weight is 161 g/mol. The molecule has 5 heteroatoms. The molecule has 62 valence electrons. The van der Waals surface area contributed by atoms with Gasteiger partial charge in [-0.1, -0.05) is 0 Å². The van der Waals surface area contributed by atoms with Gasteiger partial charge in [0.15, 0.2) is 6.29 Å². The lowest BCUT2D eigenvalue weighted by Gasteiger charge is -2.22. The summed E-state index contributed by atoms with van der Waals surface area (Å²) < 4.78 is 13.1. The van der Waals surface area contributed by atoms with Crippen molar-refractivity contribution in [3.63, 3.8) is 0 Å². The molecule has 1 aliphatic rings. The van der Waals surface area contributed by atoms with Crippen LogP contribution < -0.4 is 0 Å². The molecule has 11 heavy (non-hydrogen) atoms. The van der Waals surface area contributed by atoms with Crippen LogP contribution in [0, 0.1) is 0 Å². The van der Waals surface area contributed by atoms with Gasteiger partial charge in [0.05, 0.1) is 0 Å². The first kappa shape index (κ1) is 7.97. The summed E-state index contributed by atoms with van der Waals surface area (Å²) in [7, 11) is 0. The van der Waals surface area contributed by atoms with Crippen molar-refractivity contribution in [2.75, 3.05) is 6.54 Å². The Hall–Kier alpha value is -1.13. The fourth-order valence-electron chi connectivity index (χ4n) is 1.18. The van der Waals surface area contributed by atoms with Crippen LogP contribution in [0.5, 0.6) is 0 Å². The summed E-state index contributed by atoms with van der Waals surface area (Å²) in [6, 6.07) is 0. The third kappa shape index (κ3) is 1.18. The van der Waals surface area contributed by atoms with Crippen LogP contribution in [0.3, 0.4) is 0 Å². The van der Waals surface area contributed by atoms with Crippen LogP contribution >= 0.6 is 0 Å². The summed E-state index contributed by atoms with van der Waals surface area (Å²) in [5.41, 5.74) is 0. The molecular weight excluding hydrogens is 153 g/mol. The zero-order valence-corrected chi connectivity index (χ0v) is 5.79. The van der Waals surface area contributed by atoms with E-state index in [1.165, 1.54) is 0 Å². The van der Waals surface area contributed by atoms with E-state index in [0.29, 0.717) is 11.3 Å². The van der Waals surface area contributed by atoms with Crippen molar-refractivity contribution < 1.29 is 19.1 Å². The van der Waals surface area contributed by atoms with Gasteiger partial charge in [0.1, 0.15) is 0 Å². The predicted octanol–water partition coefficient (Wildman–Crippen LogP) is 0.625. The number of aldehydes is 1. The second kappa shape index (κ2) is 2.48. The van der Waals surface area contributed by atoms with Gasteiger partial charge in [0.25, 0.3) is 0 Å². The number of amides is 1. The van der Waals surface area contributed by atoms with E-state index in [0.717, 1.165) is 0 Å². The summed E-state index contributed by atoms with van der Waals surface area (Å²) in [6.45, 7) is 0.102. The normalized spacial score (nSPS) is 30.5. The van der Waals surface area contributed by atoms with Crippen LogP contribution in [0.25, 0.3) is 0 Å². The zero-order valence-electron chi connectivity index (χ0n) is 5.79. The third-order valence-electron chi connectivity index (χ3n) is 1.77. The van der Waals surface area contributed by atoms with Gasteiger partial charge in [-0.25, -0.2) is 9.18 Å². The first-order chi connectivity index (χ1) is 5.10. The molecule has 4 nitrogen and oxygen atoms in total. The number of nitrogens with zero attached hydrogens (tertiary/aromatic N) is 1. The molecule has 0 saturated carbocycles. The Balaban J connectivity index is 2.80. The van der Waals surface area contributed by atoms with Crippen LogP contribution in [0.1, 0.15) is 12.8 Å². The SMILES string of the molecule is O=C[C@]1(F)CCCN1C(=O)O. The van der Waals surface area contributed by atoms with Crippen LogP contribution in [-0.2, 0) is 4.79 Å². The van der Waals surface area contributed by atoms with Gasteiger partial charge in [-0.2, -0.15) is 0 Å². The van der Waals surface area contributed by atoms with Gasteiger partial charge in [-0.05, 0) is 6.42 Å². The fourth-order valence-corrected chi connectivity index (χ4v) is 1.18. The molecule has 1 amide bonds. The van der Waals surface area contributed by atoms with E-state index in [-0.39, 0.29) is 19.3 Å². The van der Waals surface area contributed by atoms with E-state index < -0.39 is 11.9 Å². The summed E-state index contributed by atoms with van der Waals surface area (Å²) >= 11 is 0. The highest BCUT2D eigenvalue weighted by Gasteiger charge is 2.44. The second-order valence-corrected chi connectivity index (χ2v) is 2.47. The quantitative estimate of drug-likeness (QED) is 0.453. The third-order valence-corrected chi connectivity index (χ3v) is 1.77. The van der Waals surface area contributed by atoms with E-state index in [1.54, 1.807) is 0 Å². The fraction of sp³-hybridized carbons (Fsp3) is 0.667. The molecule has 0 aromatic heterocycles. The summed E-state index contributed by atoms with van der Waals surface area (Å²) in [6.07, 6.45) is -0.949. The molecule has 1 fully saturated rings. The minimum atomic E-state index is -2.27. The van der Waals surface area contributed by atoms with E-state index in [1.807, 2.05) is 0 Å². The first-order valence-electron chi connectivity index (χ1n) is 3.26. The number of hydrogen-bond acceptors (Lipinski definition) is 2.